The predicted molar refractivity (Wildman–Crippen MR) is 108 cm³/mol. The maximum atomic E-state index is 12.4. The average molecular weight is 360 g/mol. The van der Waals surface area contributed by atoms with Crippen LogP contribution in [0, 0.1) is 5.92 Å². The number of furan rings is 1. The summed E-state index contributed by atoms with van der Waals surface area (Å²) in [5, 5.41) is 1.16. The molecule has 0 radical (unpaired) electrons. The van der Waals surface area contributed by atoms with Gasteiger partial charge in [-0.05, 0) is 43.0 Å². The number of allylic oxidation sites excluding steroid dienone is 1. The fourth-order valence-electron chi connectivity index (χ4n) is 4.93. The summed E-state index contributed by atoms with van der Waals surface area (Å²) in [6, 6.07) is 14.0. The molecule has 0 aliphatic carbocycles. The standard InChI is InChI=1S/C23H24N2O2/c1-2-5-17-8-9-22(26)25-13-16-10-19(23(17)25)14-24(12-16)15-20-11-18-6-3-4-7-21(18)27-20/h2-9,11,16,19H,10,12-15H2,1H3/b5-2+/t16-,19+/m0/s1. The van der Waals surface area contributed by atoms with Crippen molar-refractivity contribution >= 4 is 17.0 Å². The van der Waals surface area contributed by atoms with E-state index in [0.29, 0.717) is 11.8 Å². The molecule has 2 atom stereocenters. The lowest BCUT2D eigenvalue weighted by molar-refractivity contribution is 0.108. The molecule has 2 aliphatic rings. The lowest BCUT2D eigenvalue weighted by Crippen LogP contribution is -2.47. The molecule has 3 aromatic rings. The second kappa shape index (κ2) is 6.54. The third kappa shape index (κ3) is 2.94. The van der Waals surface area contributed by atoms with Gasteiger partial charge in [0.25, 0.3) is 5.56 Å². The molecule has 1 fully saturated rings. The maximum absolute atomic E-state index is 12.4. The van der Waals surface area contributed by atoms with Gasteiger partial charge >= 0.3 is 0 Å². The van der Waals surface area contributed by atoms with Crippen LogP contribution in [0.4, 0.5) is 0 Å². The van der Waals surface area contributed by atoms with Crippen molar-refractivity contribution in [2.45, 2.75) is 32.4 Å². The molecule has 27 heavy (non-hydrogen) atoms. The minimum atomic E-state index is 0.138. The summed E-state index contributed by atoms with van der Waals surface area (Å²) >= 11 is 0. The SMILES string of the molecule is C/C=C/c1ccc(=O)n2c1[C@@H]1C[C@@H](CN(Cc3cc4ccccc4o3)C1)C2. The summed E-state index contributed by atoms with van der Waals surface area (Å²) in [5.74, 6) is 1.96. The molecule has 5 rings (SSSR count). The normalized spacial score (nSPS) is 22.4. The molecule has 2 aromatic heterocycles. The smallest absolute Gasteiger partial charge is 0.250 e. The Morgan fingerprint density at radius 2 is 2.04 bits per heavy atom. The zero-order chi connectivity index (χ0) is 18.4. The van der Waals surface area contributed by atoms with Gasteiger partial charge in [0, 0.05) is 42.7 Å². The van der Waals surface area contributed by atoms with Gasteiger partial charge in [-0.3, -0.25) is 9.69 Å². The van der Waals surface area contributed by atoms with Crippen molar-refractivity contribution in [1.29, 1.82) is 0 Å². The highest BCUT2D eigenvalue weighted by atomic mass is 16.3. The molecule has 0 spiro atoms. The largest absolute Gasteiger partial charge is 0.460 e. The van der Waals surface area contributed by atoms with E-state index in [4.69, 9.17) is 4.42 Å². The Morgan fingerprint density at radius 1 is 1.15 bits per heavy atom. The minimum absolute atomic E-state index is 0.138. The van der Waals surface area contributed by atoms with Crippen LogP contribution in [-0.4, -0.2) is 22.6 Å². The fourth-order valence-corrected chi connectivity index (χ4v) is 4.93. The number of hydrogen-bond acceptors (Lipinski definition) is 3. The van der Waals surface area contributed by atoms with Crippen molar-refractivity contribution in [1.82, 2.24) is 9.47 Å². The van der Waals surface area contributed by atoms with Crippen LogP contribution in [0.1, 0.15) is 36.3 Å². The Labute approximate surface area is 158 Å². The Morgan fingerprint density at radius 3 is 2.89 bits per heavy atom. The van der Waals surface area contributed by atoms with Crippen LogP contribution in [0.2, 0.25) is 0 Å². The summed E-state index contributed by atoms with van der Waals surface area (Å²) in [4.78, 5) is 14.9. The van der Waals surface area contributed by atoms with Crippen LogP contribution in [0.25, 0.3) is 17.0 Å². The number of para-hydroxylation sites is 1. The van der Waals surface area contributed by atoms with Crippen molar-refractivity contribution in [3.05, 3.63) is 75.9 Å². The Hall–Kier alpha value is -2.59. The quantitative estimate of drug-likeness (QED) is 0.701. The van der Waals surface area contributed by atoms with Gasteiger partial charge in [0.05, 0.1) is 6.54 Å². The average Bonchev–Trinajstić information content (AvgIpc) is 3.06. The number of piperidine rings is 1. The highest BCUT2D eigenvalue weighted by molar-refractivity contribution is 5.77. The van der Waals surface area contributed by atoms with Crippen LogP contribution in [0.15, 0.2) is 57.8 Å². The Kier molecular flexibility index (Phi) is 4.01. The van der Waals surface area contributed by atoms with E-state index in [1.807, 2.05) is 35.8 Å². The van der Waals surface area contributed by atoms with E-state index in [9.17, 15) is 4.79 Å². The zero-order valence-corrected chi connectivity index (χ0v) is 15.6. The molecule has 2 aliphatic heterocycles. The first-order valence-corrected chi connectivity index (χ1v) is 9.77. The summed E-state index contributed by atoms with van der Waals surface area (Å²) in [7, 11) is 0. The third-order valence-electron chi connectivity index (χ3n) is 5.90. The van der Waals surface area contributed by atoms with E-state index in [1.165, 1.54) is 17.7 Å². The van der Waals surface area contributed by atoms with E-state index in [0.717, 1.165) is 42.9 Å². The van der Waals surface area contributed by atoms with Gasteiger partial charge in [-0.2, -0.15) is 0 Å². The molecule has 0 amide bonds. The van der Waals surface area contributed by atoms with E-state index in [2.05, 4.69) is 29.2 Å². The maximum Gasteiger partial charge on any atom is 0.250 e. The van der Waals surface area contributed by atoms with Crippen LogP contribution in [0.3, 0.4) is 0 Å². The highest BCUT2D eigenvalue weighted by Gasteiger charge is 2.35. The molecule has 1 aromatic carbocycles. The van der Waals surface area contributed by atoms with Gasteiger partial charge in [-0.15, -0.1) is 0 Å². The lowest BCUT2D eigenvalue weighted by Gasteiger charge is -2.43. The van der Waals surface area contributed by atoms with Gasteiger partial charge in [0.15, 0.2) is 0 Å². The molecule has 0 saturated carbocycles. The number of likely N-dealkylation sites (tertiary alicyclic amines) is 1. The summed E-state index contributed by atoms with van der Waals surface area (Å²) in [6.07, 6.45) is 5.36. The van der Waals surface area contributed by atoms with Gasteiger partial charge in [0.1, 0.15) is 11.3 Å². The number of benzene rings is 1. The molecular formula is C23H24N2O2. The summed E-state index contributed by atoms with van der Waals surface area (Å²) in [6.45, 7) is 5.68. The molecule has 138 valence electrons. The van der Waals surface area contributed by atoms with Crippen molar-refractivity contribution in [2.75, 3.05) is 13.1 Å². The van der Waals surface area contributed by atoms with Gasteiger partial charge in [-0.25, -0.2) is 0 Å². The van der Waals surface area contributed by atoms with Crippen LogP contribution in [0.5, 0.6) is 0 Å². The second-order valence-corrected chi connectivity index (χ2v) is 7.87. The van der Waals surface area contributed by atoms with Crippen LogP contribution < -0.4 is 5.56 Å². The van der Waals surface area contributed by atoms with E-state index < -0.39 is 0 Å². The van der Waals surface area contributed by atoms with Crippen molar-refractivity contribution < 1.29 is 4.42 Å². The molecule has 1 saturated heterocycles. The summed E-state index contributed by atoms with van der Waals surface area (Å²) in [5.41, 5.74) is 3.49. The molecule has 4 heterocycles. The Bertz CT molecular complexity index is 1040. The number of hydrogen-bond donors (Lipinski definition) is 0. The highest BCUT2D eigenvalue weighted by Crippen LogP contribution is 2.37. The Balaban J connectivity index is 1.45. The van der Waals surface area contributed by atoms with E-state index in [-0.39, 0.29) is 5.56 Å². The van der Waals surface area contributed by atoms with Gasteiger partial charge in [-0.1, -0.05) is 30.4 Å². The van der Waals surface area contributed by atoms with Crippen molar-refractivity contribution in [3.8, 4) is 0 Å². The topological polar surface area (TPSA) is 38.4 Å². The number of pyridine rings is 1. The first-order valence-electron chi connectivity index (χ1n) is 9.77. The molecule has 4 nitrogen and oxygen atoms in total. The van der Waals surface area contributed by atoms with Crippen LogP contribution in [-0.2, 0) is 13.1 Å². The number of nitrogens with zero attached hydrogens (tertiary/aromatic N) is 2. The predicted octanol–water partition coefficient (Wildman–Crippen LogP) is 4.25. The third-order valence-corrected chi connectivity index (χ3v) is 5.90. The zero-order valence-electron chi connectivity index (χ0n) is 15.6. The van der Waals surface area contributed by atoms with Crippen molar-refractivity contribution in [2.24, 2.45) is 5.92 Å². The van der Waals surface area contributed by atoms with Crippen LogP contribution >= 0.6 is 0 Å². The van der Waals surface area contributed by atoms with E-state index >= 15 is 0 Å². The minimum Gasteiger partial charge on any atom is -0.460 e. The summed E-state index contributed by atoms with van der Waals surface area (Å²) < 4.78 is 8.06. The first kappa shape index (κ1) is 16.6. The monoisotopic (exact) mass is 360 g/mol. The van der Waals surface area contributed by atoms with Gasteiger partial charge < -0.3 is 8.98 Å². The molecular weight excluding hydrogens is 336 g/mol. The number of aromatic nitrogens is 1. The molecule has 0 unspecified atom stereocenters. The molecule has 0 N–H and O–H groups in total. The number of rotatable bonds is 3. The fraction of sp³-hybridized carbons (Fsp3) is 0.348. The van der Waals surface area contributed by atoms with E-state index in [1.54, 1.807) is 6.07 Å². The van der Waals surface area contributed by atoms with Gasteiger partial charge in [0.2, 0.25) is 0 Å². The molecule has 2 bridgehead atoms. The lowest BCUT2D eigenvalue weighted by atomic mass is 9.81. The first-order chi connectivity index (χ1) is 13.2. The molecule has 4 heteroatoms. The second-order valence-electron chi connectivity index (χ2n) is 7.87. The number of fused-ring (bicyclic) bond motifs is 5. The van der Waals surface area contributed by atoms with Crippen molar-refractivity contribution in [3.63, 3.8) is 0 Å².